The first-order valence-electron chi connectivity index (χ1n) is 4.50. The van der Waals surface area contributed by atoms with E-state index in [2.05, 4.69) is 52.8 Å². The molecular formula is C10H5Br3N2O2. The minimum atomic E-state index is -0.580. The van der Waals surface area contributed by atoms with Crippen molar-refractivity contribution in [3.63, 3.8) is 0 Å². The standard InChI is InChI=1S/C10H5Br3N2O2/c11-10(12,13)9-4-1-6-5-7(15(16)17)2-3-8(6)14-9/h1-5H. The van der Waals surface area contributed by atoms with E-state index in [0.29, 0.717) is 5.52 Å². The summed E-state index contributed by atoms with van der Waals surface area (Å²) in [5.41, 5.74) is 1.50. The Kier molecular flexibility index (Phi) is 3.51. The van der Waals surface area contributed by atoms with Crippen LogP contribution in [-0.4, -0.2) is 9.91 Å². The number of aromatic nitrogens is 1. The second-order valence-electron chi connectivity index (χ2n) is 3.33. The summed E-state index contributed by atoms with van der Waals surface area (Å²) in [6, 6.07) is 8.16. The van der Waals surface area contributed by atoms with Gasteiger partial charge >= 0.3 is 0 Å². The number of benzene rings is 1. The SMILES string of the molecule is O=[N+]([O-])c1ccc2nc(C(Br)(Br)Br)ccc2c1. The highest BCUT2D eigenvalue weighted by atomic mass is 80.0. The molecular weight excluding hydrogens is 420 g/mol. The van der Waals surface area contributed by atoms with E-state index in [1.54, 1.807) is 18.2 Å². The lowest BCUT2D eigenvalue weighted by Gasteiger charge is -2.11. The first-order valence-corrected chi connectivity index (χ1v) is 6.88. The molecule has 0 bridgehead atoms. The quantitative estimate of drug-likeness (QED) is 0.386. The summed E-state index contributed by atoms with van der Waals surface area (Å²) in [4.78, 5) is 14.6. The Morgan fingerprint density at radius 1 is 1.18 bits per heavy atom. The third-order valence-corrected chi connectivity index (χ3v) is 3.39. The largest absolute Gasteiger partial charge is 0.270 e. The van der Waals surface area contributed by atoms with E-state index in [1.807, 2.05) is 0 Å². The highest BCUT2D eigenvalue weighted by Crippen LogP contribution is 2.43. The molecule has 0 fully saturated rings. The fraction of sp³-hybridized carbons (Fsp3) is 0.100. The average molecular weight is 425 g/mol. The number of nitrogens with zero attached hydrogens (tertiary/aromatic N) is 2. The number of nitro groups is 1. The number of hydrogen-bond acceptors (Lipinski definition) is 3. The average Bonchev–Trinajstić information content (AvgIpc) is 2.26. The van der Waals surface area contributed by atoms with Gasteiger partial charge in [0.05, 0.1) is 16.1 Å². The van der Waals surface area contributed by atoms with E-state index < -0.39 is 7.07 Å². The maximum Gasteiger partial charge on any atom is 0.270 e. The van der Waals surface area contributed by atoms with E-state index in [9.17, 15) is 10.1 Å². The summed E-state index contributed by atoms with van der Waals surface area (Å²) in [7, 11) is 0. The van der Waals surface area contributed by atoms with Gasteiger partial charge in [0.25, 0.3) is 5.69 Å². The van der Waals surface area contributed by atoms with Crippen LogP contribution in [0.5, 0.6) is 0 Å². The van der Waals surface area contributed by atoms with E-state index in [-0.39, 0.29) is 5.69 Å². The Bertz CT molecular complexity index is 596. The molecule has 0 aliphatic rings. The summed E-state index contributed by atoms with van der Waals surface area (Å²) in [6.07, 6.45) is 0. The van der Waals surface area contributed by atoms with Crippen molar-refractivity contribution in [2.24, 2.45) is 0 Å². The molecule has 0 atom stereocenters. The summed E-state index contributed by atoms with van der Waals surface area (Å²) in [6.45, 7) is 0. The van der Waals surface area contributed by atoms with E-state index in [4.69, 9.17) is 0 Å². The Labute approximate surface area is 122 Å². The molecule has 2 aromatic rings. The number of hydrogen-bond donors (Lipinski definition) is 0. The Balaban J connectivity index is 2.58. The van der Waals surface area contributed by atoms with Crippen molar-refractivity contribution < 1.29 is 4.92 Å². The van der Waals surface area contributed by atoms with Crippen molar-refractivity contribution in [3.8, 4) is 0 Å². The Morgan fingerprint density at radius 3 is 2.47 bits per heavy atom. The molecule has 4 nitrogen and oxygen atoms in total. The lowest BCUT2D eigenvalue weighted by Crippen LogP contribution is -2.01. The molecule has 0 radical (unpaired) electrons. The van der Waals surface area contributed by atoms with Crippen LogP contribution in [0.1, 0.15) is 5.69 Å². The summed E-state index contributed by atoms with van der Waals surface area (Å²) in [5.74, 6) is 0. The van der Waals surface area contributed by atoms with Crippen LogP contribution < -0.4 is 0 Å². The molecule has 0 aliphatic heterocycles. The van der Waals surface area contributed by atoms with E-state index >= 15 is 0 Å². The predicted octanol–water partition coefficient (Wildman–Crippen LogP) is 4.44. The van der Waals surface area contributed by atoms with Crippen molar-refractivity contribution in [3.05, 3.63) is 46.1 Å². The first kappa shape index (κ1) is 12.9. The molecule has 0 aliphatic carbocycles. The molecule has 0 spiro atoms. The van der Waals surface area contributed by atoms with Gasteiger partial charge < -0.3 is 0 Å². The molecule has 2 rings (SSSR count). The number of halogens is 3. The number of rotatable bonds is 1. The molecule has 0 N–H and O–H groups in total. The van der Waals surface area contributed by atoms with Gasteiger partial charge in [0.15, 0.2) is 2.14 Å². The van der Waals surface area contributed by atoms with Gasteiger partial charge in [0, 0.05) is 17.5 Å². The van der Waals surface area contributed by atoms with Gasteiger partial charge in [-0.05, 0) is 12.1 Å². The molecule has 17 heavy (non-hydrogen) atoms. The molecule has 0 amide bonds. The number of alkyl halides is 3. The zero-order valence-electron chi connectivity index (χ0n) is 8.23. The number of pyridine rings is 1. The smallest absolute Gasteiger partial charge is 0.258 e. The summed E-state index contributed by atoms with van der Waals surface area (Å²) in [5, 5.41) is 11.4. The molecule has 7 heteroatoms. The molecule has 1 aromatic carbocycles. The minimum absolute atomic E-state index is 0.0647. The fourth-order valence-electron chi connectivity index (χ4n) is 1.38. The van der Waals surface area contributed by atoms with Crippen LogP contribution in [-0.2, 0) is 2.14 Å². The second kappa shape index (κ2) is 4.62. The Morgan fingerprint density at radius 2 is 1.88 bits per heavy atom. The van der Waals surface area contributed by atoms with Crippen LogP contribution in [0.2, 0.25) is 0 Å². The molecule has 0 unspecified atom stereocenters. The molecule has 1 aromatic heterocycles. The highest BCUT2D eigenvalue weighted by Gasteiger charge is 2.22. The molecule has 88 valence electrons. The van der Waals surface area contributed by atoms with Gasteiger partial charge in [-0.15, -0.1) is 0 Å². The zero-order chi connectivity index (χ0) is 12.6. The van der Waals surface area contributed by atoms with Crippen LogP contribution >= 0.6 is 47.8 Å². The predicted molar refractivity (Wildman–Crippen MR) is 76.9 cm³/mol. The van der Waals surface area contributed by atoms with Crippen LogP contribution in [0.25, 0.3) is 10.9 Å². The van der Waals surface area contributed by atoms with Crippen molar-refractivity contribution in [1.29, 1.82) is 0 Å². The van der Waals surface area contributed by atoms with Crippen molar-refractivity contribution >= 4 is 64.4 Å². The maximum absolute atomic E-state index is 10.6. The van der Waals surface area contributed by atoms with Gasteiger partial charge in [-0.1, -0.05) is 53.9 Å². The topological polar surface area (TPSA) is 56.0 Å². The third-order valence-electron chi connectivity index (χ3n) is 2.17. The summed E-state index contributed by atoms with van der Waals surface area (Å²) >= 11 is 10.1. The monoisotopic (exact) mass is 422 g/mol. The van der Waals surface area contributed by atoms with Gasteiger partial charge in [-0.25, -0.2) is 4.98 Å². The van der Waals surface area contributed by atoms with Crippen molar-refractivity contribution in [2.45, 2.75) is 2.14 Å². The fourth-order valence-corrected chi connectivity index (χ4v) is 2.05. The van der Waals surface area contributed by atoms with E-state index in [1.165, 1.54) is 12.1 Å². The van der Waals surface area contributed by atoms with Crippen molar-refractivity contribution in [1.82, 2.24) is 4.98 Å². The van der Waals surface area contributed by atoms with Gasteiger partial charge in [-0.3, -0.25) is 10.1 Å². The lowest BCUT2D eigenvalue weighted by atomic mass is 10.2. The number of fused-ring (bicyclic) bond motifs is 1. The second-order valence-corrected chi connectivity index (χ2v) is 10.1. The van der Waals surface area contributed by atoms with E-state index in [0.717, 1.165) is 11.1 Å². The van der Waals surface area contributed by atoms with Crippen LogP contribution in [0.3, 0.4) is 0 Å². The maximum atomic E-state index is 10.6. The number of nitro benzene ring substituents is 1. The van der Waals surface area contributed by atoms with Crippen LogP contribution in [0.4, 0.5) is 5.69 Å². The lowest BCUT2D eigenvalue weighted by molar-refractivity contribution is -0.384. The van der Waals surface area contributed by atoms with Gasteiger partial charge in [-0.2, -0.15) is 0 Å². The minimum Gasteiger partial charge on any atom is -0.258 e. The highest BCUT2D eigenvalue weighted by molar-refractivity contribution is 9.38. The van der Waals surface area contributed by atoms with Crippen molar-refractivity contribution in [2.75, 3.05) is 0 Å². The van der Waals surface area contributed by atoms with Crippen LogP contribution in [0, 0.1) is 10.1 Å². The molecule has 0 saturated carbocycles. The molecule has 0 saturated heterocycles. The zero-order valence-corrected chi connectivity index (χ0v) is 13.0. The van der Waals surface area contributed by atoms with Crippen LogP contribution in [0.15, 0.2) is 30.3 Å². The third kappa shape index (κ3) is 2.83. The summed E-state index contributed by atoms with van der Waals surface area (Å²) < 4.78 is -0.580. The van der Waals surface area contributed by atoms with Gasteiger partial charge in [0.1, 0.15) is 0 Å². The van der Waals surface area contributed by atoms with Gasteiger partial charge in [0.2, 0.25) is 0 Å². The Hall–Kier alpha value is -0.530. The normalized spacial score (nSPS) is 11.7. The first-order chi connectivity index (χ1) is 7.88. The number of non-ortho nitro benzene ring substituents is 1. The molecule has 1 heterocycles.